The number of nitrogens with zero attached hydrogens (tertiary/aromatic N) is 2. The molecule has 0 fully saturated rings. The minimum atomic E-state index is -0.930. The lowest BCUT2D eigenvalue weighted by molar-refractivity contribution is -0.140. The van der Waals surface area contributed by atoms with E-state index in [2.05, 4.69) is 4.98 Å². The van der Waals surface area contributed by atoms with Gasteiger partial charge in [-0.1, -0.05) is 37.3 Å². The molecule has 3 rings (SSSR count). The van der Waals surface area contributed by atoms with Gasteiger partial charge in [0.25, 0.3) is 0 Å². The minimum Gasteiger partial charge on any atom is -0.480 e. The predicted octanol–water partition coefficient (Wildman–Crippen LogP) is 3.94. The van der Waals surface area contributed by atoms with E-state index in [0.717, 1.165) is 5.56 Å². The molecule has 2 aromatic carbocycles. The number of imidazole rings is 1. The Hall–Kier alpha value is -2.95. The van der Waals surface area contributed by atoms with Gasteiger partial charge in [0.15, 0.2) is 5.78 Å². The molecule has 122 valence electrons. The Kier molecular flexibility index (Phi) is 4.16. The van der Waals surface area contributed by atoms with Crippen LogP contribution in [-0.4, -0.2) is 26.4 Å². The van der Waals surface area contributed by atoms with Crippen molar-refractivity contribution in [1.29, 1.82) is 0 Å². The second kappa shape index (κ2) is 6.28. The maximum Gasteiger partial charge on any atom is 0.326 e. The SMILES string of the molecule is CCC(=O)c1ccc2c(c1)nc(-c1ccccc1)n2C(C)C(=O)O. The van der Waals surface area contributed by atoms with Gasteiger partial charge < -0.3 is 9.67 Å². The lowest BCUT2D eigenvalue weighted by Crippen LogP contribution is -2.16. The number of carbonyl (C=O) groups is 2. The zero-order valence-corrected chi connectivity index (χ0v) is 13.6. The highest BCUT2D eigenvalue weighted by Gasteiger charge is 2.22. The van der Waals surface area contributed by atoms with Crippen LogP contribution in [0.5, 0.6) is 0 Å². The summed E-state index contributed by atoms with van der Waals surface area (Å²) in [6, 6.07) is 13.9. The van der Waals surface area contributed by atoms with Crippen molar-refractivity contribution < 1.29 is 14.7 Å². The molecule has 1 heterocycles. The number of hydrogen-bond donors (Lipinski definition) is 1. The minimum absolute atomic E-state index is 0.0407. The van der Waals surface area contributed by atoms with Gasteiger partial charge >= 0.3 is 5.97 Å². The second-order valence-electron chi connectivity index (χ2n) is 5.67. The number of aromatic nitrogens is 2. The quantitative estimate of drug-likeness (QED) is 0.722. The molecule has 0 radical (unpaired) electrons. The molecule has 5 heteroatoms. The monoisotopic (exact) mass is 322 g/mol. The molecule has 0 amide bonds. The Morgan fingerprint density at radius 1 is 1.17 bits per heavy atom. The zero-order chi connectivity index (χ0) is 17.3. The van der Waals surface area contributed by atoms with Crippen LogP contribution in [0.15, 0.2) is 48.5 Å². The van der Waals surface area contributed by atoms with Crippen LogP contribution in [0.25, 0.3) is 22.4 Å². The number of ketones is 1. The number of hydrogen-bond acceptors (Lipinski definition) is 3. The van der Waals surface area contributed by atoms with E-state index in [4.69, 9.17) is 0 Å². The van der Waals surface area contributed by atoms with Gasteiger partial charge in [-0.15, -0.1) is 0 Å². The summed E-state index contributed by atoms with van der Waals surface area (Å²) in [5, 5.41) is 9.46. The van der Waals surface area contributed by atoms with Gasteiger partial charge in [-0.05, 0) is 25.1 Å². The molecule has 24 heavy (non-hydrogen) atoms. The summed E-state index contributed by atoms with van der Waals surface area (Å²) in [6.45, 7) is 3.44. The van der Waals surface area contributed by atoms with Gasteiger partial charge in [0.05, 0.1) is 11.0 Å². The summed E-state index contributed by atoms with van der Waals surface area (Å²) >= 11 is 0. The Morgan fingerprint density at radius 2 is 1.88 bits per heavy atom. The fourth-order valence-electron chi connectivity index (χ4n) is 2.77. The van der Waals surface area contributed by atoms with E-state index in [1.807, 2.05) is 37.3 Å². The number of carboxylic acid groups (broad SMARTS) is 1. The molecule has 1 N–H and O–H groups in total. The normalized spacial score (nSPS) is 12.2. The largest absolute Gasteiger partial charge is 0.480 e. The van der Waals surface area contributed by atoms with Crippen LogP contribution in [0.2, 0.25) is 0 Å². The molecule has 0 aliphatic heterocycles. The number of fused-ring (bicyclic) bond motifs is 1. The number of carbonyl (C=O) groups excluding carboxylic acids is 1. The lowest BCUT2D eigenvalue weighted by Gasteiger charge is -2.13. The van der Waals surface area contributed by atoms with Crippen molar-refractivity contribution >= 4 is 22.8 Å². The van der Waals surface area contributed by atoms with Crippen LogP contribution < -0.4 is 0 Å². The summed E-state index contributed by atoms with van der Waals surface area (Å²) in [5.74, 6) is -0.305. The van der Waals surface area contributed by atoms with E-state index >= 15 is 0 Å². The molecule has 0 saturated carbocycles. The number of rotatable bonds is 5. The summed E-state index contributed by atoms with van der Waals surface area (Å²) in [5.41, 5.74) is 2.76. The molecule has 1 atom stereocenters. The summed E-state index contributed by atoms with van der Waals surface area (Å²) < 4.78 is 1.70. The highest BCUT2D eigenvalue weighted by molar-refractivity contribution is 5.99. The highest BCUT2D eigenvalue weighted by Crippen LogP contribution is 2.29. The fourth-order valence-corrected chi connectivity index (χ4v) is 2.77. The zero-order valence-electron chi connectivity index (χ0n) is 13.6. The first-order valence-electron chi connectivity index (χ1n) is 7.86. The van der Waals surface area contributed by atoms with Crippen LogP contribution in [0, 0.1) is 0 Å². The summed E-state index contributed by atoms with van der Waals surface area (Å²) in [6.07, 6.45) is 0.420. The van der Waals surface area contributed by atoms with Gasteiger partial charge in [-0.3, -0.25) is 4.79 Å². The molecular weight excluding hydrogens is 304 g/mol. The van der Waals surface area contributed by atoms with Crippen molar-refractivity contribution in [3.05, 3.63) is 54.1 Å². The number of carboxylic acids is 1. The molecule has 0 bridgehead atoms. The standard InChI is InChI=1S/C19H18N2O3/c1-3-17(22)14-9-10-16-15(11-14)20-18(13-7-5-4-6-8-13)21(16)12(2)19(23)24/h4-12H,3H2,1-2H3,(H,23,24). The third-order valence-corrected chi connectivity index (χ3v) is 4.11. The predicted molar refractivity (Wildman–Crippen MR) is 92.1 cm³/mol. The Bertz CT molecular complexity index is 913. The van der Waals surface area contributed by atoms with E-state index in [-0.39, 0.29) is 5.78 Å². The Balaban J connectivity index is 2.27. The number of Topliss-reactive ketones (excluding diaryl/α,β-unsaturated/α-hetero) is 1. The van der Waals surface area contributed by atoms with Crippen molar-refractivity contribution in [2.45, 2.75) is 26.3 Å². The topological polar surface area (TPSA) is 72.2 Å². The molecule has 0 saturated heterocycles. The van der Waals surface area contributed by atoms with Gasteiger partial charge in [0, 0.05) is 17.5 Å². The fraction of sp³-hybridized carbons (Fsp3) is 0.211. The summed E-state index contributed by atoms with van der Waals surface area (Å²) in [4.78, 5) is 28.1. The molecule has 3 aromatic rings. The van der Waals surface area contributed by atoms with E-state index in [9.17, 15) is 14.7 Å². The molecule has 1 aromatic heterocycles. The maximum absolute atomic E-state index is 11.9. The smallest absolute Gasteiger partial charge is 0.326 e. The average molecular weight is 322 g/mol. The Labute approximate surface area is 139 Å². The van der Waals surface area contributed by atoms with Crippen LogP contribution in [-0.2, 0) is 4.79 Å². The van der Waals surface area contributed by atoms with E-state index in [0.29, 0.717) is 28.8 Å². The van der Waals surface area contributed by atoms with E-state index < -0.39 is 12.0 Å². The van der Waals surface area contributed by atoms with Crippen molar-refractivity contribution in [1.82, 2.24) is 9.55 Å². The first-order valence-corrected chi connectivity index (χ1v) is 7.86. The molecule has 0 aliphatic carbocycles. The van der Waals surface area contributed by atoms with Crippen molar-refractivity contribution in [2.75, 3.05) is 0 Å². The van der Waals surface area contributed by atoms with Gasteiger partial charge in [0.2, 0.25) is 0 Å². The third kappa shape index (κ3) is 2.69. The average Bonchev–Trinajstić information content (AvgIpc) is 2.99. The first-order chi connectivity index (χ1) is 11.5. The molecule has 5 nitrogen and oxygen atoms in total. The summed E-state index contributed by atoms with van der Waals surface area (Å²) in [7, 11) is 0. The third-order valence-electron chi connectivity index (χ3n) is 4.11. The van der Waals surface area contributed by atoms with E-state index in [1.54, 1.807) is 29.7 Å². The van der Waals surface area contributed by atoms with Gasteiger partial charge in [-0.2, -0.15) is 0 Å². The Morgan fingerprint density at radius 3 is 2.50 bits per heavy atom. The molecular formula is C19H18N2O3. The lowest BCUT2D eigenvalue weighted by atomic mass is 10.1. The number of aliphatic carboxylic acids is 1. The van der Waals surface area contributed by atoms with Crippen LogP contribution >= 0.6 is 0 Å². The second-order valence-corrected chi connectivity index (χ2v) is 5.67. The van der Waals surface area contributed by atoms with Crippen molar-refractivity contribution in [3.63, 3.8) is 0 Å². The molecule has 0 spiro atoms. The van der Waals surface area contributed by atoms with Gasteiger partial charge in [-0.25, -0.2) is 9.78 Å². The van der Waals surface area contributed by atoms with Crippen molar-refractivity contribution in [3.8, 4) is 11.4 Å². The van der Waals surface area contributed by atoms with Crippen LogP contribution in [0.1, 0.15) is 36.7 Å². The first kappa shape index (κ1) is 15.9. The van der Waals surface area contributed by atoms with Crippen LogP contribution in [0.4, 0.5) is 0 Å². The highest BCUT2D eigenvalue weighted by atomic mass is 16.4. The van der Waals surface area contributed by atoms with Gasteiger partial charge in [0.1, 0.15) is 11.9 Å². The molecule has 1 unspecified atom stereocenters. The van der Waals surface area contributed by atoms with E-state index in [1.165, 1.54) is 0 Å². The number of benzene rings is 2. The van der Waals surface area contributed by atoms with Crippen molar-refractivity contribution in [2.24, 2.45) is 0 Å². The molecule has 0 aliphatic rings. The van der Waals surface area contributed by atoms with Crippen LogP contribution in [0.3, 0.4) is 0 Å². The maximum atomic E-state index is 11.9.